The van der Waals surface area contributed by atoms with Gasteiger partial charge in [-0.2, -0.15) is 0 Å². The minimum atomic E-state index is -0.209. The Hall–Kier alpha value is -3.65. The van der Waals surface area contributed by atoms with Crippen LogP contribution in [-0.4, -0.2) is 48.0 Å². The van der Waals surface area contributed by atoms with Gasteiger partial charge in [-0.05, 0) is 48.9 Å². The van der Waals surface area contributed by atoms with Crippen LogP contribution in [-0.2, 0) is 4.74 Å². The van der Waals surface area contributed by atoms with Crippen LogP contribution in [0.1, 0.15) is 16.8 Å². The summed E-state index contributed by atoms with van der Waals surface area (Å²) in [6, 6.07) is 12.4. The molecule has 0 saturated heterocycles. The summed E-state index contributed by atoms with van der Waals surface area (Å²) in [6.45, 7) is 1.11. The zero-order chi connectivity index (χ0) is 21.1. The second-order valence-corrected chi connectivity index (χ2v) is 6.83. The van der Waals surface area contributed by atoms with Crippen molar-refractivity contribution in [3.8, 4) is 11.4 Å². The van der Waals surface area contributed by atoms with Crippen molar-refractivity contribution in [1.82, 2.24) is 20.1 Å². The summed E-state index contributed by atoms with van der Waals surface area (Å²) in [5.41, 5.74) is 2.31. The number of pyridine rings is 1. The molecular formula is C22H22N4O4. The molecule has 2 aromatic carbocycles. The number of aromatic amines is 1. The molecule has 4 aromatic rings. The van der Waals surface area contributed by atoms with Crippen molar-refractivity contribution < 1.29 is 14.3 Å². The number of aromatic nitrogens is 3. The van der Waals surface area contributed by atoms with E-state index in [0.717, 1.165) is 6.42 Å². The number of ether oxygens (including phenoxy) is 2. The lowest BCUT2D eigenvalue weighted by atomic mass is 10.1. The summed E-state index contributed by atoms with van der Waals surface area (Å²) >= 11 is 0. The molecular weight excluding hydrogens is 384 g/mol. The van der Waals surface area contributed by atoms with E-state index in [0.29, 0.717) is 52.0 Å². The molecule has 0 bridgehead atoms. The summed E-state index contributed by atoms with van der Waals surface area (Å²) < 4.78 is 11.6. The maximum absolute atomic E-state index is 12.9. The third-order valence-corrected chi connectivity index (χ3v) is 4.93. The smallest absolute Gasteiger partial charge is 0.280 e. The number of methoxy groups -OCH3 is 2. The lowest BCUT2D eigenvalue weighted by molar-refractivity contribution is 0.0948. The molecule has 8 heteroatoms. The van der Waals surface area contributed by atoms with E-state index in [-0.39, 0.29) is 11.5 Å². The Morgan fingerprint density at radius 2 is 1.93 bits per heavy atom. The number of hydrogen-bond donors (Lipinski definition) is 2. The number of carbonyl (C=O) groups excluding carboxylic acids is 1. The number of nitrogens with zero attached hydrogens (tertiary/aromatic N) is 2. The number of amides is 1. The van der Waals surface area contributed by atoms with Crippen molar-refractivity contribution >= 4 is 27.7 Å². The SMILES string of the molecule is COCCCNC(=O)c1ccc2ncc3c(=O)n(-c4ccc(OC)cc4)[nH]c3c2c1. The molecule has 2 aromatic heterocycles. The first-order valence-electron chi connectivity index (χ1n) is 9.57. The summed E-state index contributed by atoms with van der Waals surface area (Å²) in [7, 11) is 3.22. The average Bonchev–Trinajstić information content (AvgIpc) is 3.13. The summed E-state index contributed by atoms with van der Waals surface area (Å²) in [5.74, 6) is 0.526. The second kappa shape index (κ2) is 8.38. The number of hydrogen-bond acceptors (Lipinski definition) is 5. The van der Waals surface area contributed by atoms with Crippen LogP contribution < -0.4 is 15.6 Å². The van der Waals surface area contributed by atoms with Gasteiger partial charge in [0.25, 0.3) is 11.5 Å². The first-order valence-corrected chi connectivity index (χ1v) is 9.57. The predicted molar refractivity (Wildman–Crippen MR) is 115 cm³/mol. The zero-order valence-corrected chi connectivity index (χ0v) is 16.8. The fourth-order valence-electron chi connectivity index (χ4n) is 3.33. The Kier molecular flexibility index (Phi) is 5.49. The highest BCUT2D eigenvalue weighted by atomic mass is 16.5. The van der Waals surface area contributed by atoms with Gasteiger partial charge in [-0.25, -0.2) is 4.68 Å². The molecule has 2 N–H and O–H groups in total. The number of nitrogens with one attached hydrogen (secondary N) is 2. The molecule has 0 aliphatic rings. The van der Waals surface area contributed by atoms with Gasteiger partial charge < -0.3 is 14.8 Å². The van der Waals surface area contributed by atoms with Gasteiger partial charge in [0.15, 0.2) is 0 Å². The lowest BCUT2D eigenvalue weighted by Gasteiger charge is -2.06. The average molecular weight is 406 g/mol. The lowest BCUT2D eigenvalue weighted by Crippen LogP contribution is -2.25. The number of rotatable bonds is 7. The molecule has 0 aliphatic heterocycles. The van der Waals surface area contributed by atoms with E-state index >= 15 is 0 Å². The van der Waals surface area contributed by atoms with Crippen LogP contribution in [0.2, 0.25) is 0 Å². The van der Waals surface area contributed by atoms with Gasteiger partial charge in [0.2, 0.25) is 0 Å². The number of benzene rings is 2. The first kappa shape index (κ1) is 19.7. The Morgan fingerprint density at radius 1 is 1.13 bits per heavy atom. The molecule has 0 saturated carbocycles. The van der Waals surface area contributed by atoms with Crippen LogP contribution in [0.3, 0.4) is 0 Å². The van der Waals surface area contributed by atoms with Gasteiger partial charge in [0.1, 0.15) is 5.75 Å². The molecule has 0 unspecified atom stereocenters. The summed E-state index contributed by atoms with van der Waals surface area (Å²) in [4.78, 5) is 29.8. The molecule has 0 spiro atoms. The normalized spacial score (nSPS) is 11.1. The molecule has 0 atom stereocenters. The molecule has 1 amide bonds. The van der Waals surface area contributed by atoms with E-state index in [1.807, 2.05) is 0 Å². The van der Waals surface area contributed by atoms with E-state index in [1.54, 1.807) is 62.9 Å². The highest BCUT2D eigenvalue weighted by molar-refractivity contribution is 6.06. The van der Waals surface area contributed by atoms with Gasteiger partial charge in [-0.3, -0.25) is 19.7 Å². The number of H-pyrrole nitrogens is 1. The molecule has 30 heavy (non-hydrogen) atoms. The van der Waals surface area contributed by atoms with E-state index in [4.69, 9.17) is 9.47 Å². The topological polar surface area (TPSA) is 98.2 Å². The largest absolute Gasteiger partial charge is 0.497 e. The van der Waals surface area contributed by atoms with Crippen molar-refractivity contribution in [2.24, 2.45) is 0 Å². The first-order chi connectivity index (χ1) is 14.6. The highest BCUT2D eigenvalue weighted by Gasteiger charge is 2.14. The third-order valence-electron chi connectivity index (χ3n) is 4.93. The van der Waals surface area contributed by atoms with Crippen molar-refractivity contribution in [1.29, 1.82) is 0 Å². The predicted octanol–water partition coefficient (Wildman–Crippen LogP) is 2.64. The van der Waals surface area contributed by atoms with Crippen molar-refractivity contribution in [3.63, 3.8) is 0 Å². The van der Waals surface area contributed by atoms with Gasteiger partial charge in [-0.1, -0.05) is 0 Å². The van der Waals surface area contributed by atoms with Crippen molar-refractivity contribution in [2.75, 3.05) is 27.4 Å². The van der Waals surface area contributed by atoms with Gasteiger partial charge in [0, 0.05) is 37.4 Å². The molecule has 8 nitrogen and oxygen atoms in total. The zero-order valence-electron chi connectivity index (χ0n) is 16.8. The number of fused-ring (bicyclic) bond motifs is 3. The van der Waals surface area contributed by atoms with Crippen molar-refractivity contribution in [3.05, 3.63) is 64.6 Å². The van der Waals surface area contributed by atoms with Crippen LogP contribution in [0.15, 0.2) is 53.5 Å². The van der Waals surface area contributed by atoms with Crippen LogP contribution in [0.4, 0.5) is 0 Å². The Bertz CT molecular complexity index is 1260. The quantitative estimate of drug-likeness (QED) is 0.460. The van der Waals surface area contributed by atoms with Crippen LogP contribution in [0.25, 0.3) is 27.5 Å². The third kappa shape index (κ3) is 3.65. The van der Waals surface area contributed by atoms with E-state index in [9.17, 15) is 9.59 Å². The Balaban J connectivity index is 1.74. The van der Waals surface area contributed by atoms with E-state index in [1.165, 1.54) is 4.68 Å². The number of carbonyl (C=O) groups is 1. The highest BCUT2D eigenvalue weighted by Crippen LogP contribution is 2.23. The molecule has 0 radical (unpaired) electrons. The van der Waals surface area contributed by atoms with E-state index in [2.05, 4.69) is 15.4 Å². The fourth-order valence-corrected chi connectivity index (χ4v) is 3.33. The van der Waals surface area contributed by atoms with E-state index < -0.39 is 0 Å². The van der Waals surface area contributed by atoms with Gasteiger partial charge in [0.05, 0.1) is 29.2 Å². The Labute approximate surface area is 172 Å². The van der Waals surface area contributed by atoms with Crippen LogP contribution in [0.5, 0.6) is 5.75 Å². The maximum Gasteiger partial charge on any atom is 0.280 e. The second-order valence-electron chi connectivity index (χ2n) is 6.83. The minimum Gasteiger partial charge on any atom is -0.497 e. The minimum absolute atomic E-state index is 0.179. The standard InChI is InChI=1S/C22H22N4O4/c1-29-11-3-10-23-21(27)14-4-9-19-17(12-14)20-18(13-24-19)22(28)26(25-20)15-5-7-16(30-2)8-6-15/h4-9,12-13,25H,3,10-11H2,1-2H3,(H,23,27). The summed E-state index contributed by atoms with van der Waals surface area (Å²) in [5, 5.41) is 7.20. The van der Waals surface area contributed by atoms with Gasteiger partial charge >= 0.3 is 0 Å². The molecule has 0 fully saturated rings. The van der Waals surface area contributed by atoms with Crippen LogP contribution in [0, 0.1) is 0 Å². The van der Waals surface area contributed by atoms with Gasteiger partial charge in [-0.15, -0.1) is 0 Å². The molecule has 0 aliphatic carbocycles. The summed E-state index contributed by atoms with van der Waals surface area (Å²) in [6.07, 6.45) is 2.29. The van der Waals surface area contributed by atoms with Crippen LogP contribution >= 0.6 is 0 Å². The molecule has 2 heterocycles. The molecule has 4 rings (SSSR count). The maximum atomic E-state index is 12.9. The molecule has 154 valence electrons. The monoisotopic (exact) mass is 406 g/mol. The Morgan fingerprint density at radius 3 is 2.67 bits per heavy atom. The van der Waals surface area contributed by atoms with Crippen molar-refractivity contribution in [2.45, 2.75) is 6.42 Å². The fraction of sp³-hybridized carbons (Fsp3) is 0.227.